The molecule has 0 aliphatic heterocycles. The summed E-state index contributed by atoms with van der Waals surface area (Å²) in [5, 5.41) is 8.50. The monoisotopic (exact) mass is 159 g/mol. The zero-order valence-electron chi connectivity index (χ0n) is 7.34. The van der Waals surface area contributed by atoms with Gasteiger partial charge in [-0.05, 0) is 25.9 Å². The quantitative estimate of drug-likeness (QED) is 0.633. The Balaban J connectivity index is 3.59. The van der Waals surface area contributed by atoms with Crippen LogP contribution in [0.3, 0.4) is 0 Å². The van der Waals surface area contributed by atoms with Gasteiger partial charge in [0.1, 0.15) is 0 Å². The molecule has 0 spiro atoms. The minimum Gasteiger partial charge on any atom is -0.480 e. The molecule has 0 saturated carbocycles. The molecule has 0 heterocycles. The summed E-state index contributed by atoms with van der Waals surface area (Å²) in [5.41, 5.74) is 0. The summed E-state index contributed by atoms with van der Waals surface area (Å²) < 4.78 is 0. The highest BCUT2D eigenvalue weighted by atomic mass is 16.4. The van der Waals surface area contributed by atoms with Gasteiger partial charge in [-0.2, -0.15) is 0 Å². The van der Waals surface area contributed by atoms with Gasteiger partial charge in [-0.25, -0.2) is 0 Å². The van der Waals surface area contributed by atoms with Gasteiger partial charge in [0.2, 0.25) is 0 Å². The standard InChI is InChI=1S/C8H17NO2/c1-3-5-9(6-4-2)7-8(10)11/h3-7H2,1-2H3,(H,10,11). The molecule has 0 bridgehead atoms. The number of carbonyl (C=O) groups is 1. The van der Waals surface area contributed by atoms with Gasteiger partial charge in [0.05, 0.1) is 6.54 Å². The Morgan fingerprint density at radius 2 is 1.73 bits per heavy atom. The first-order valence-electron chi connectivity index (χ1n) is 4.14. The van der Waals surface area contributed by atoms with Crippen molar-refractivity contribution < 1.29 is 9.90 Å². The summed E-state index contributed by atoms with van der Waals surface area (Å²) in [4.78, 5) is 12.3. The first kappa shape index (κ1) is 10.4. The number of hydrogen-bond donors (Lipinski definition) is 1. The second kappa shape index (κ2) is 6.16. The lowest BCUT2D eigenvalue weighted by Gasteiger charge is -2.17. The molecule has 3 nitrogen and oxygen atoms in total. The first-order chi connectivity index (χ1) is 5.20. The van der Waals surface area contributed by atoms with Crippen molar-refractivity contribution in [3.05, 3.63) is 0 Å². The van der Waals surface area contributed by atoms with Crippen LogP contribution in [0.15, 0.2) is 0 Å². The topological polar surface area (TPSA) is 40.5 Å². The van der Waals surface area contributed by atoms with E-state index in [9.17, 15) is 4.79 Å². The van der Waals surface area contributed by atoms with Gasteiger partial charge in [-0.1, -0.05) is 13.8 Å². The molecule has 11 heavy (non-hydrogen) atoms. The molecule has 0 aromatic heterocycles. The largest absolute Gasteiger partial charge is 0.480 e. The Morgan fingerprint density at radius 3 is 2.00 bits per heavy atom. The highest BCUT2D eigenvalue weighted by Crippen LogP contribution is 1.92. The van der Waals surface area contributed by atoms with E-state index in [1.165, 1.54) is 0 Å². The molecule has 1 N–H and O–H groups in total. The van der Waals surface area contributed by atoms with E-state index in [-0.39, 0.29) is 6.54 Å². The van der Waals surface area contributed by atoms with Gasteiger partial charge in [-0.15, -0.1) is 0 Å². The molecular weight excluding hydrogens is 142 g/mol. The van der Waals surface area contributed by atoms with E-state index in [1.54, 1.807) is 0 Å². The number of rotatable bonds is 6. The lowest BCUT2D eigenvalue weighted by Crippen LogP contribution is -2.31. The summed E-state index contributed by atoms with van der Waals surface area (Å²) >= 11 is 0. The lowest BCUT2D eigenvalue weighted by molar-refractivity contribution is -0.138. The molecule has 0 atom stereocenters. The van der Waals surface area contributed by atoms with Gasteiger partial charge >= 0.3 is 5.97 Å². The molecule has 66 valence electrons. The number of aliphatic carboxylic acids is 1. The molecule has 0 fully saturated rings. The number of carboxylic acid groups (broad SMARTS) is 1. The fourth-order valence-electron chi connectivity index (χ4n) is 1.09. The van der Waals surface area contributed by atoms with E-state index in [4.69, 9.17) is 5.11 Å². The van der Waals surface area contributed by atoms with Crippen molar-refractivity contribution in [1.29, 1.82) is 0 Å². The third-order valence-electron chi connectivity index (χ3n) is 1.44. The third-order valence-corrected chi connectivity index (χ3v) is 1.44. The Bertz CT molecular complexity index is 109. The Labute approximate surface area is 68.0 Å². The van der Waals surface area contributed by atoms with Gasteiger partial charge in [0, 0.05) is 0 Å². The molecule has 0 unspecified atom stereocenters. The van der Waals surface area contributed by atoms with Crippen molar-refractivity contribution in [1.82, 2.24) is 4.90 Å². The smallest absolute Gasteiger partial charge is 0.317 e. The zero-order valence-corrected chi connectivity index (χ0v) is 7.34. The van der Waals surface area contributed by atoms with Gasteiger partial charge in [-0.3, -0.25) is 9.69 Å². The molecule has 0 aliphatic rings. The maximum Gasteiger partial charge on any atom is 0.317 e. The second-order valence-electron chi connectivity index (χ2n) is 2.67. The van der Waals surface area contributed by atoms with Gasteiger partial charge in [0.25, 0.3) is 0 Å². The zero-order chi connectivity index (χ0) is 8.69. The van der Waals surface area contributed by atoms with Crippen molar-refractivity contribution in [3.63, 3.8) is 0 Å². The van der Waals surface area contributed by atoms with E-state index >= 15 is 0 Å². The van der Waals surface area contributed by atoms with Crippen molar-refractivity contribution in [3.8, 4) is 0 Å². The normalized spacial score (nSPS) is 10.5. The van der Waals surface area contributed by atoms with Gasteiger partial charge in [0.15, 0.2) is 0 Å². The summed E-state index contributed by atoms with van der Waals surface area (Å²) in [6.07, 6.45) is 2.04. The van der Waals surface area contributed by atoms with Crippen molar-refractivity contribution in [2.45, 2.75) is 26.7 Å². The van der Waals surface area contributed by atoms with Crippen LogP contribution in [0.2, 0.25) is 0 Å². The Hall–Kier alpha value is -0.570. The van der Waals surface area contributed by atoms with Crippen LogP contribution in [-0.2, 0) is 4.79 Å². The molecule has 0 aliphatic carbocycles. The van der Waals surface area contributed by atoms with Crippen LogP contribution < -0.4 is 0 Å². The number of carboxylic acids is 1. The van der Waals surface area contributed by atoms with E-state index in [2.05, 4.69) is 13.8 Å². The molecular formula is C8H17NO2. The fourth-order valence-corrected chi connectivity index (χ4v) is 1.09. The van der Waals surface area contributed by atoms with Crippen molar-refractivity contribution in [2.24, 2.45) is 0 Å². The highest BCUT2D eigenvalue weighted by Gasteiger charge is 2.05. The van der Waals surface area contributed by atoms with Crippen LogP contribution in [0.1, 0.15) is 26.7 Å². The molecule has 0 radical (unpaired) electrons. The van der Waals surface area contributed by atoms with Crippen LogP contribution in [0.5, 0.6) is 0 Å². The second-order valence-corrected chi connectivity index (χ2v) is 2.67. The van der Waals surface area contributed by atoms with Crippen LogP contribution >= 0.6 is 0 Å². The third kappa shape index (κ3) is 5.85. The summed E-state index contributed by atoms with van der Waals surface area (Å²) in [6.45, 7) is 6.08. The average Bonchev–Trinajstić information content (AvgIpc) is 1.87. The lowest BCUT2D eigenvalue weighted by atomic mass is 10.3. The minimum absolute atomic E-state index is 0.182. The molecule has 0 saturated heterocycles. The molecule has 0 rings (SSSR count). The molecule has 0 amide bonds. The molecule has 3 heteroatoms. The highest BCUT2D eigenvalue weighted by molar-refractivity contribution is 5.69. The Kier molecular flexibility index (Phi) is 5.84. The maximum absolute atomic E-state index is 10.3. The number of hydrogen-bond acceptors (Lipinski definition) is 2. The summed E-state index contributed by atoms with van der Waals surface area (Å²) in [7, 11) is 0. The van der Waals surface area contributed by atoms with Crippen LogP contribution in [-0.4, -0.2) is 35.6 Å². The summed E-state index contributed by atoms with van der Waals surface area (Å²) in [5.74, 6) is -0.730. The van der Waals surface area contributed by atoms with E-state index < -0.39 is 5.97 Å². The predicted molar refractivity (Wildman–Crippen MR) is 44.7 cm³/mol. The van der Waals surface area contributed by atoms with Gasteiger partial charge < -0.3 is 5.11 Å². The fraction of sp³-hybridized carbons (Fsp3) is 0.875. The maximum atomic E-state index is 10.3. The first-order valence-corrected chi connectivity index (χ1v) is 4.14. The predicted octanol–water partition coefficient (Wildman–Crippen LogP) is 1.19. The molecule has 0 aromatic rings. The Morgan fingerprint density at radius 1 is 1.27 bits per heavy atom. The van der Waals surface area contributed by atoms with Crippen LogP contribution in [0, 0.1) is 0 Å². The molecule has 0 aromatic carbocycles. The summed E-state index contributed by atoms with van der Waals surface area (Å²) in [6, 6.07) is 0. The van der Waals surface area contributed by atoms with E-state index in [0.29, 0.717) is 0 Å². The van der Waals surface area contributed by atoms with Crippen molar-refractivity contribution >= 4 is 5.97 Å². The van der Waals surface area contributed by atoms with E-state index in [0.717, 1.165) is 25.9 Å². The van der Waals surface area contributed by atoms with Crippen molar-refractivity contribution in [2.75, 3.05) is 19.6 Å². The van der Waals surface area contributed by atoms with Crippen LogP contribution in [0.25, 0.3) is 0 Å². The van der Waals surface area contributed by atoms with Crippen LogP contribution in [0.4, 0.5) is 0 Å². The average molecular weight is 159 g/mol. The SMILES string of the molecule is CCCN(CCC)CC(=O)O. The van der Waals surface area contributed by atoms with E-state index in [1.807, 2.05) is 4.90 Å². The minimum atomic E-state index is -0.730. The number of nitrogens with zero attached hydrogens (tertiary/aromatic N) is 1.